The van der Waals surface area contributed by atoms with Gasteiger partial charge in [-0.05, 0) is 30.5 Å². The number of hydrogen-bond donors (Lipinski definition) is 1. The zero-order chi connectivity index (χ0) is 13.9. The van der Waals surface area contributed by atoms with Gasteiger partial charge in [-0.25, -0.2) is 0 Å². The van der Waals surface area contributed by atoms with Crippen molar-refractivity contribution in [3.05, 3.63) is 35.4 Å². The molecule has 0 spiro atoms. The number of benzene rings is 1. The normalized spacial score (nSPS) is 12.6. The summed E-state index contributed by atoms with van der Waals surface area (Å²) < 4.78 is 0. The Morgan fingerprint density at radius 3 is 2.16 bits per heavy atom. The van der Waals surface area contributed by atoms with E-state index in [1.807, 2.05) is 0 Å². The molecule has 0 radical (unpaired) electrons. The van der Waals surface area contributed by atoms with Gasteiger partial charge in [-0.3, -0.25) is 0 Å². The average molecular weight is 261 g/mol. The first-order chi connectivity index (χ1) is 9.31. The molecular formula is C18H31N. The van der Waals surface area contributed by atoms with E-state index in [0.29, 0.717) is 6.04 Å². The third kappa shape index (κ3) is 6.24. The number of nitrogens with one attached hydrogen (secondary N) is 1. The molecule has 0 amide bonds. The van der Waals surface area contributed by atoms with E-state index in [9.17, 15) is 0 Å². The van der Waals surface area contributed by atoms with Gasteiger partial charge in [0.1, 0.15) is 0 Å². The molecule has 1 rings (SSSR count). The van der Waals surface area contributed by atoms with Crippen LogP contribution in [0.25, 0.3) is 0 Å². The molecule has 0 aromatic heterocycles. The molecule has 0 aliphatic rings. The van der Waals surface area contributed by atoms with E-state index in [4.69, 9.17) is 0 Å². The lowest BCUT2D eigenvalue weighted by atomic mass is 9.98. The van der Waals surface area contributed by atoms with Crippen molar-refractivity contribution in [3.8, 4) is 0 Å². The fourth-order valence-corrected chi connectivity index (χ4v) is 2.57. The lowest BCUT2D eigenvalue weighted by molar-refractivity contribution is 0.479. The molecule has 1 atom stereocenters. The minimum Gasteiger partial charge on any atom is -0.310 e. The maximum absolute atomic E-state index is 3.63. The highest BCUT2D eigenvalue weighted by Gasteiger charge is 2.09. The summed E-state index contributed by atoms with van der Waals surface area (Å²) in [6.45, 7) is 7.74. The summed E-state index contributed by atoms with van der Waals surface area (Å²) in [5.74, 6) is 0. The first kappa shape index (κ1) is 16.2. The number of aryl methyl sites for hydroxylation is 1. The van der Waals surface area contributed by atoms with E-state index < -0.39 is 0 Å². The van der Waals surface area contributed by atoms with Gasteiger partial charge in [-0.2, -0.15) is 0 Å². The summed E-state index contributed by atoms with van der Waals surface area (Å²) in [6, 6.07) is 9.70. The second kappa shape index (κ2) is 10.0. The van der Waals surface area contributed by atoms with Crippen LogP contribution in [0.5, 0.6) is 0 Å². The predicted molar refractivity (Wildman–Crippen MR) is 85.6 cm³/mol. The van der Waals surface area contributed by atoms with Crippen molar-refractivity contribution in [3.63, 3.8) is 0 Å². The molecule has 0 bridgehead atoms. The summed E-state index contributed by atoms with van der Waals surface area (Å²) in [6.07, 6.45) is 9.22. The maximum atomic E-state index is 3.63. The molecule has 0 heterocycles. The van der Waals surface area contributed by atoms with Crippen LogP contribution >= 0.6 is 0 Å². The van der Waals surface area contributed by atoms with Crippen LogP contribution in [0.15, 0.2) is 24.3 Å². The van der Waals surface area contributed by atoms with Gasteiger partial charge in [-0.15, -0.1) is 0 Å². The Morgan fingerprint density at radius 2 is 1.58 bits per heavy atom. The van der Waals surface area contributed by atoms with Crippen LogP contribution in [-0.2, 0) is 6.42 Å². The third-order valence-corrected chi connectivity index (χ3v) is 3.84. The zero-order valence-electron chi connectivity index (χ0n) is 13.0. The molecule has 1 unspecified atom stereocenters. The maximum Gasteiger partial charge on any atom is 0.0320 e. The standard InChI is InChI=1S/C18H31N/c1-4-7-8-9-10-11-18(19-6-3)17-14-12-16(5-2)13-15-17/h12-15,18-19H,4-11H2,1-3H3. The summed E-state index contributed by atoms with van der Waals surface area (Å²) in [5, 5.41) is 3.63. The summed E-state index contributed by atoms with van der Waals surface area (Å²) in [7, 11) is 0. The Balaban J connectivity index is 2.45. The van der Waals surface area contributed by atoms with E-state index in [1.54, 1.807) is 0 Å². The summed E-state index contributed by atoms with van der Waals surface area (Å²) in [5.41, 5.74) is 2.89. The minimum atomic E-state index is 0.539. The van der Waals surface area contributed by atoms with Crippen molar-refractivity contribution in [1.82, 2.24) is 5.32 Å². The lowest BCUT2D eigenvalue weighted by Gasteiger charge is -2.18. The smallest absolute Gasteiger partial charge is 0.0320 e. The fourth-order valence-electron chi connectivity index (χ4n) is 2.57. The van der Waals surface area contributed by atoms with Crippen LogP contribution in [0.4, 0.5) is 0 Å². The van der Waals surface area contributed by atoms with E-state index >= 15 is 0 Å². The van der Waals surface area contributed by atoms with Gasteiger partial charge in [0.05, 0.1) is 0 Å². The average Bonchev–Trinajstić information content (AvgIpc) is 2.46. The van der Waals surface area contributed by atoms with Gasteiger partial charge in [0.25, 0.3) is 0 Å². The summed E-state index contributed by atoms with van der Waals surface area (Å²) in [4.78, 5) is 0. The second-order valence-corrected chi connectivity index (χ2v) is 5.41. The van der Waals surface area contributed by atoms with Crippen LogP contribution in [0.3, 0.4) is 0 Å². The van der Waals surface area contributed by atoms with Crippen molar-refractivity contribution in [2.24, 2.45) is 0 Å². The van der Waals surface area contributed by atoms with Crippen molar-refractivity contribution in [1.29, 1.82) is 0 Å². The highest BCUT2D eigenvalue weighted by molar-refractivity contribution is 5.25. The summed E-state index contributed by atoms with van der Waals surface area (Å²) >= 11 is 0. The van der Waals surface area contributed by atoms with Gasteiger partial charge in [0, 0.05) is 6.04 Å². The first-order valence-electron chi connectivity index (χ1n) is 8.14. The minimum absolute atomic E-state index is 0.539. The largest absolute Gasteiger partial charge is 0.310 e. The van der Waals surface area contributed by atoms with Crippen LogP contribution in [0.1, 0.15) is 76.5 Å². The van der Waals surface area contributed by atoms with Crippen LogP contribution in [-0.4, -0.2) is 6.54 Å². The molecule has 1 N–H and O–H groups in total. The Morgan fingerprint density at radius 1 is 0.895 bits per heavy atom. The van der Waals surface area contributed by atoms with Gasteiger partial charge >= 0.3 is 0 Å². The van der Waals surface area contributed by atoms with Crippen LogP contribution < -0.4 is 5.32 Å². The third-order valence-electron chi connectivity index (χ3n) is 3.84. The molecule has 0 fully saturated rings. The van der Waals surface area contributed by atoms with E-state index in [1.165, 1.54) is 49.7 Å². The van der Waals surface area contributed by atoms with Gasteiger partial charge in [-0.1, -0.05) is 77.1 Å². The van der Waals surface area contributed by atoms with Crippen molar-refractivity contribution in [2.45, 2.75) is 71.8 Å². The molecule has 1 aromatic carbocycles. The Kier molecular flexibility index (Phi) is 8.57. The van der Waals surface area contributed by atoms with Crippen molar-refractivity contribution in [2.75, 3.05) is 6.54 Å². The van der Waals surface area contributed by atoms with Gasteiger partial charge in [0.15, 0.2) is 0 Å². The topological polar surface area (TPSA) is 12.0 Å². The van der Waals surface area contributed by atoms with Crippen LogP contribution in [0, 0.1) is 0 Å². The number of rotatable bonds is 10. The van der Waals surface area contributed by atoms with E-state index in [2.05, 4.69) is 50.4 Å². The molecule has 0 aliphatic carbocycles. The monoisotopic (exact) mass is 261 g/mol. The quantitative estimate of drug-likeness (QED) is 0.566. The molecule has 1 nitrogen and oxygen atoms in total. The zero-order valence-corrected chi connectivity index (χ0v) is 13.0. The van der Waals surface area contributed by atoms with Gasteiger partial charge in [0.2, 0.25) is 0 Å². The highest BCUT2D eigenvalue weighted by atomic mass is 14.9. The predicted octanol–water partition coefficient (Wildman–Crippen LogP) is 5.26. The molecule has 1 aromatic rings. The molecular weight excluding hydrogens is 230 g/mol. The number of unbranched alkanes of at least 4 members (excludes halogenated alkanes) is 4. The van der Waals surface area contributed by atoms with Crippen LogP contribution in [0.2, 0.25) is 0 Å². The molecule has 0 saturated heterocycles. The first-order valence-corrected chi connectivity index (χ1v) is 8.14. The molecule has 1 heteroatoms. The molecule has 0 aliphatic heterocycles. The molecule has 108 valence electrons. The van der Waals surface area contributed by atoms with Crippen molar-refractivity contribution >= 4 is 0 Å². The number of hydrogen-bond acceptors (Lipinski definition) is 1. The molecule has 19 heavy (non-hydrogen) atoms. The second-order valence-electron chi connectivity index (χ2n) is 5.41. The molecule has 0 saturated carbocycles. The Bertz CT molecular complexity index is 315. The Labute approximate surface area is 119 Å². The van der Waals surface area contributed by atoms with E-state index in [-0.39, 0.29) is 0 Å². The van der Waals surface area contributed by atoms with Gasteiger partial charge < -0.3 is 5.32 Å². The highest BCUT2D eigenvalue weighted by Crippen LogP contribution is 2.21. The van der Waals surface area contributed by atoms with E-state index in [0.717, 1.165) is 13.0 Å². The van der Waals surface area contributed by atoms with Crippen molar-refractivity contribution < 1.29 is 0 Å². The SMILES string of the molecule is CCCCCCCC(NCC)c1ccc(CC)cc1. The Hall–Kier alpha value is -0.820. The fraction of sp³-hybridized carbons (Fsp3) is 0.667. The lowest BCUT2D eigenvalue weighted by Crippen LogP contribution is -2.20.